The van der Waals surface area contributed by atoms with E-state index < -0.39 is 11.6 Å². The Balaban J connectivity index is 2.45. The highest BCUT2D eigenvalue weighted by Gasteiger charge is 2.17. The highest BCUT2D eigenvalue weighted by molar-refractivity contribution is 6.32. The molecule has 0 aliphatic rings. The summed E-state index contributed by atoms with van der Waals surface area (Å²) in [6, 6.07) is 10.6. The third-order valence-electron chi connectivity index (χ3n) is 3.58. The van der Waals surface area contributed by atoms with Gasteiger partial charge in [-0.1, -0.05) is 30.7 Å². The molecule has 2 aromatic carbocycles. The third kappa shape index (κ3) is 5.08. The molecule has 0 spiro atoms. The van der Waals surface area contributed by atoms with E-state index >= 15 is 0 Å². The topological polar surface area (TPSA) is 59.3 Å². The average Bonchev–Trinajstić information content (AvgIpc) is 2.65. The monoisotopic (exact) mass is 387 g/mol. The molecule has 0 amide bonds. The summed E-state index contributed by atoms with van der Waals surface area (Å²) in [5.41, 5.74) is 0.110. The zero-order valence-corrected chi connectivity index (χ0v) is 15.8. The number of Topliss-reactive ketones (excluding diaryl/α,β-unsaturated/α-hetero) is 1. The zero-order chi connectivity index (χ0) is 19.8. The zero-order valence-electron chi connectivity index (χ0n) is 15.1. The lowest BCUT2D eigenvalue weighted by Gasteiger charge is -2.14. The molecule has 0 aromatic heterocycles. The van der Waals surface area contributed by atoms with Gasteiger partial charge in [0, 0.05) is 0 Å². The number of hydrogen-bond acceptors (Lipinski definition) is 4. The molecule has 0 saturated heterocycles. The van der Waals surface area contributed by atoms with Crippen molar-refractivity contribution in [3.63, 3.8) is 0 Å². The van der Waals surface area contributed by atoms with Crippen molar-refractivity contribution in [1.82, 2.24) is 0 Å². The molecular formula is C21H19ClFNO3. The number of ether oxygens (including phenoxy) is 2. The Bertz CT molecular complexity index is 903. The van der Waals surface area contributed by atoms with Gasteiger partial charge in [0.25, 0.3) is 0 Å². The van der Waals surface area contributed by atoms with Crippen LogP contribution in [-0.4, -0.2) is 19.0 Å². The lowest BCUT2D eigenvalue weighted by molar-refractivity contribution is 0.103. The molecule has 2 aromatic rings. The maximum atomic E-state index is 13.9. The SMILES string of the molecule is CCCOc1c(Cl)cc(/C=C(\C#N)C(=O)c2ccccc2F)cc1OCC. The molecule has 0 heterocycles. The second-order valence-corrected chi connectivity index (χ2v) is 6.00. The van der Waals surface area contributed by atoms with Gasteiger partial charge in [-0.05, 0) is 49.2 Å². The van der Waals surface area contributed by atoms with Crippen molar-refractivity contribution in [2.45, 2.75) is 20.3 Å². The Kier molecular flexibility index (Phi) is 7.39. The largest absolute Gasteiger partial charge is 0.490 e. The van der Waals surface area contributed by atoms with Crippen molar-refractivity contribution in [3.05, 3.63) is 63.9 Å². The Hall–Kier alpha value is -2.84. The Labute approximate surface area is 162 Å². The molecule has 0 atom stereocenters. The fourth-order valence-electron chi connectivity index (χ4n) is 2.38. The van der Waals surface area contributed by atoms with E-state index in [1.165, 1.54) is 30.3 Å². The molecule has 0 saturated carbocycles. The third-order valence-corrected chi connectivity index (χ3v) is 3.86. The van der Waals surface area contributed by atoms with E-state index in [4.69, 9.17) is 21.1 Å². The fraction of sp³-hybridized carbons (Fsp3) is 0.238. The van der Waals surface area contributed by atoms with Crippen molar-refractivity contribution in [2.24, 2.45) is 0 Å². The van der Waals surface area contributed by atoms with Crippen molar-refractivity contribution in [1.29, 1.82) is 5.26 Å². The quantitative estimate of drug-likeness (QED) is 0.343. The maximum Gasteiger partial charge on any atom is 0.206 e. The average molecular weight is 388 g/mol. The van der Waals surface area contributed by atoms with Crippen molar-refractivity contribution in [3.8, 4) is 17.6 Å². The van der Waals surface area contributed by atoms with Gasteiger partial charge in [-0.15, -0.1) is 0 Å². The summed E-state index contributed by atoms with van der Waals surface area (Å²) >= 11 is 6.29. The second kappa shape index (κ2) is 9.75. The van der Waals surface area contributed by atoms with Gasteiger partial charge in [0.1, 0.15) is 17.5 Å². The van der Waals surface area contributed by atoms with Gasteiger partial charge >= 0.3 is 0 Å². The van der Waals surface area contributed by atoms with Gasteiger partial charge in [-0.2, -0.15) is 5.26 Å². The summed E-state index contributed by atoms with van der Waals surface area (Å²) in [5, 5.41) is 9.67. The number of carbonyl (C=O) groups excluding carboxylic acids is 1. The van der Waals surface area contributed by atoms with Crippen LogP contribution in [0.3, 0.4) is 0 Å². The minimum absolute atomic E-state index is 0.163. The number of nitriles is 1. The number of halogens is 2. The minimum atomic E-state index is -0.698. The van der Waals surface area contributed by atoms with Crippen LogP contribution in [-0.2, 0) is 0 Å². The number of hydrogen-bond donors (Lipinski definition) is 0. The smallest absolute Gasteiger partial charge is 0.206 e. The molecule has 140 valence electrons. The molecule has 0 aliphatic heterocycles. The number of allylic oxidation sites excluding steroid dienone is 1. The molecule has 0 aliphatic carbocycles. The number of benzene rings is 2. The number of ketones is 1. The van der Waals surface area contributed by atoms with Crippen LogP contribution in [0, 0.1) is 17.1 Å². The van der Waals surface area contributed by atoms with Crippen LogP contribution in [0.1, 0.15) is 36.2 Å². The van der Waals surface area contributed by atoms with Crippen LogP contribution in [0.25, 0.3) is 6.08 Å². The van der Waals surface area contributed by atoms with Gasteiger partial charge in [0.2, 0.25) is 5.78 Å². The normalized spacial score (nSPS) is 11.0. The van der Waals surface area contributed by atoms with Gasteiger partial charge in [0.15, 0.2) is 11.5 Å². The summed E-state index contributed by atoms with van der Waals surface area (Å²) in [6.45, 7) is 4.66. The van der Waals surface area contributed by atoms with Crippen LogP contribution >= 0.6 is 11.6 Å². The standard InChI is InChI=1S/C21H19ClFNO3/c1-3-9-27-21-17(22)11-14(12-19(21)26-4-2)10-15(13-24)20(25)16-7-5-6-8-18(16)23/h5-8,10-12H,3-4,9H2,1-2H3/b15-10+. The lowest BCUT2D eigenvalue weighted by atomic mass is 10.0. The first kappa shape index (κ1) is 20.5. The minimum Gasteiger partial charge on any atom is -0.490 e. The Morgan fingerprint density at radius 1 is 1.26 bits per heavy atom. The highest BCUT2D eigenvalue weighted by atomic mass is 35.5. The fourth-order valence-corrected chi connectivity index (χ4v) is 2.66. The molecule has 0 radical (unpaired) electrons. The van der Waals surface area contributed by atoms with Crippen LogP contribution in [0.5, 0.6) is 11.5 Å². The predicted octanol–water partition coefficient (Wildman–Crippen LogP) is 5.46. The van der Waals surface area contributed by atoms with Crippen LogP contribution in [0.4, 0.5) is 4.39 Å². The predicted molar refractivity (Wildman–Crippen MR) is 103 cm³/mol. The van der Waals surface area contributed by atoms with E-state index in [2.05, 4.69) is 0 Å². The van der Waals surface area contributed by atoms with E-state index in [1.807, 2.05) is 19.9 Å². The molecule has 4 nitrogen and oxygen atoms in total. The van der Waals surface area contributed by atoms with E-state index in [0.29, 0.717) is 35.3 Å². The highest BCUT2D eigenvalue weighted by Crippen LogP contribution is 2.37. The first-order chi connectivity index (χ1) is 13.0. The first-order valence-electron chi connectivity index (χ1n) is 8.51. The second-order valence-electron chi connectivity index (χ2n) is 5.59. The molecule has 27 heavy (non-hydrogen) atoms. The van der Waals surface area contributed by atoms with Gasteiger partial charge in [-0.25, -0.2) is 4.39 Å². The van der Waals surface area contributed by atoms with Crippen LogP contribution in [0.15, 0.2) is 42.0 Å². The van der Waals surface area contributed by atoms with E-state index in [0.717, 1.165) is 6.42 Å². The van der Waals surface area contributed by atoms with Crippen molar-refractivity contribution < 1.29 is 18.7 Å². The number of nitrogens with zero attached hydrogens (tertiary/aromatic N) is 1. The van der Waals surface area contributed by atoms with Crippen LogP contribution < -0.4 is 9.47 Å². The van der Waals surface area contributed by atoms with Crippen molar-refractivity contribution in [2.75, 3.05) is 13.2 Å². The molecule has 0 bridgehead atoms. The lowest BCUT2D eigenvalue weighted by Crippen LogP contribution is -2.05. The summed E-state index contributed by atoms with van der Waals surface area (Å²) in [6.07, 6.45) is 2.16. The molecule has 0 N–H and O–H groups in total. The molecule has 2 rings (SSSR count). The Morgan fingerprint density at radius 3 is 2.63 bits per heavy atom. The van der Waals surface area contributed by atoms with E-state index in [-0.39, 0.29) is 11.1 Å². The maximum absolute atomic E-state index is 13.9. The summed E-state index contributed by atoms with van der Waals surface area (Å²) in [4.78, 5) is 12.5. The van der Waals surface area contributed by atoms with Gasteiger partial charge in [-0.3, -0.25) is 4.79 Å². The molecule has 6 heteroatoms. The summed E-state index contributed by atoms with van der Waals surface area (Å²) in [7, 11) is 0. The number of carbonyl (C=O) groups is 1. The van der Waals surface area contributed by atoms with Gasteiger partial charge in [0.05, 0.1) is 23.8 Å². The first-order valence-corrected chi connectivity index (χ1v) is 8.89. The van der Waals surface area contributed by atoms with Gasteiger partial charge < -0.3 is 9.47 Å². The van der Waals surface area contributed by atoms with Crippen LogP contribution in [0.2, 0.25) is 5.02 Å². The summed E-state index contributed by atoms with van der Waals surface area (Å²) < 4.78 is 25.1. The van der Waals surface area contributed by atoms with E-state index in [9.17, 15) is 14.4 Å². The molecule has 0 fully saturated rings. The summed E-state index contributed by atoms with van der Waals surface area (Å²) in [5.74, 6) is -0.548. The number of rotatable bonds is 8. The molecule has 0 unspecified atom stereocenters. The molecular weight excluding hydrogens is 369 g/mol. The Morgan fingerprint density at radius 2 is 2.00 bits per heavy atom. The van der Waals surface area contributed by atoms with Crippen molar-refractivity contribution >= 4 is 23.5 Å². The van der Waals surface area contributed by atoms with E-state index in [1.54, 1.807) is 12.1 Å².